The summed E-state index contributed by atoms with van der Waals surface area (Å²) in [7, 11) is 0. The molecule has 1 atom stereocenters. The first kappa shape index (κ1) is 9.74. The highest BCUT2D eigenvalue weighted by Crippen LogP contribution is 2.10. The topological polar surface area (TPSA) is 63.3 Å². The highest BCUT2D eigenvalue weighted by atomic mass is 16.4. The van der Waals surface area contributed by atoms with Gasteiger partial charge in [-0.15, -0.1) is 0 Å². The summed E-state index contributed by atoms with van der Waals surface area (Å²) in [5.41, 5.74) is 7.47. The second kappa shape index (κ2) is 4.05. The predicted molar refractivity (Wildman–Crippen MR) is 50.4 cm³/mol. The lowest BCUT2D eigenvalue weighted by Crippen LogP contribution is -2.05. The zero-order valence-corrected chi connectivity index (χ0v) is 7.53. The Morgan fingerprint density at radius 3 is 2.38 bits per heavy atom. The Bertz CT molecular complexity index is 290. The maximum Gasteiger partial charge on any atom is 0.307 e. The van der Waals surface area contributed by atoms with Gasteiger partial charge in [0.15, 0.2) is 0 Å². The number of hydrogen-bond donors (Lipinski definition) is 2. The minimum Gasteiger partial charge on any atom is -0.481 e. The van der Waals surface area contributed by atoms with Gasteiger partial charge in [0.05, 0.1) is 6.42 Å². The molecule has 0 saturated carbocycles. The minimum atomic E-state index is -0.812. The van der Waals surface area contributed by atoms with E-state index in [1.54, 1.807) is 12.1 Å². The van der Waals surface area contributed by atoms with E-state index in [9.17, 15) is 4.79 Å². The fourth-order valence-electron chi connectivity index (χ4n) is 1.11. The molecule has 3 heteroatoms. The van der Waals surface area contributed by atoms with Gasteiger partial charge in [-0.25, -0.2) is 0 Å². The van der Waals surface area contributed by atoms with Crippen LogP contribution in [0.5, 0.6) is 0 Å². The maximum absolute atomic E-state index is 10.4. The summed E-state index contributed by atoms with van der Waals surface area (Å²) in [4.78, 5) is 10.4. The number of carbonyl (C=O) groups is 1. The van der Waals surface area contributed by atoms with Crippen molar-refractivity contribution in [3.63, 3.8) is 0 Å². The molecule has 0 aromatic heterocycles. The van der Waals surface area contributed by atoms with Gasteiger partial charge in [-0.3, -0.25) is 4.79 Å². The van der Waals surface area contributed by atoms with Crippen LogP contribution in [0.3, 0.4) is 0 Å². The Morgan fingerprint density at radius 1 is 1.46 bits per heavy atom. The predicted octanol–water partition coefficient (Wildman–Crippen LogP) is 1.33. The Morgan fingerprint density at radius 2 is 2.00 bits per heavy atom. The molecule has 0 heterocycles. The highest BCUT2D eigenvalue weighted by molar-refractivity contribution is 5.70. The van der Waals surface area contributed by atoms with Gasteiger partial charge in [0.2, 0.25) is 0 Å². The van der Waals surface area contributed by atoms with Crippen molar-refractivity contribution in [2.45, 2.75) is 19.4 Å². The van der Waals surface area contributed by atoms with Gasteiger partial charge in [0.1, 0.15) is 0 Å². The average molecular weight is 179 g/mol. The van der Waals surface area contributed by atoms with Crippen LogP contribution >= 0.6 is 0 Å². The summed E-state index contributed by atoms with van der Waals surface area (Å²) in [6, 6.07) is 7.32. The van der Waals surface area contributed by atoms with Crippen LogP contribution in [-0.4, -0.2) is 11.1 Å². The first-order valence-electron chi connectivity index (χ1n) is 4.16. The van der Waals surface area contributed by atoms with E-state index in [1.165, 1.54) is 0 Å². The van der Waals surface area contributed by atoms with Crippen LogP contribution in [0, 0.1) is 0 Å². The molecule has 3 N–H and O–H groups in total. The van der Waals surface area contributed by atoms with Crippen LogP contribution in [0.15, 0.2) is 24.3 Å². The second-order valence-electron chi connectivity index (χ2n) is 3.10. The van der Waals surface area contributed by atoms with E-state index in [2.05, 4.69) is 0 Å². The molecule has 13 heavy (non-hydrogen) atoms. The van der Waals surface area contributed by atoms with Crippen LogP contribution in [0.25, 0.3) is 0 Å². The molecule has 0 spiro atoms. The first-order chi connectivity index (χ1) is 6.09. The molecule has 1 rings (SSSR count). The molecular weight excluding hydrogens is 166 g/mol. The van der Waals surface area contributed by atoms with Crippen molar-refractivity contribution < 1.29 is 9.90 Å². The van der Waals surface area contributed by atoms with Crippen LogP contribution in [-0.2, 0) is 11.2 Å². The number of nitrogens with two attached hydrogens (primary N) is 1. The first-order valence-corrected chi connectivity index (χ1v) is 4.16. The molecule has 3 nitrogen and oxygen atoms in total. The smallest absolute Gasteiger partial charge is 0.307 e. The van der Waals surface area contributed by atoms with Gasteiger partial charge in [0, 0.05) is 6.04 Å². The summed E-state index contributed by atoms with van der Waals surface area (Å²) >= 11 is 0. The van der Waals surface area contributed by atoms with Gasteiger partial charge in [-0.2, -0.15) is 0 Å². The maximum atomic E-state index is 10.4. The van der Waals surface area contributed by atoms with E-state index in [4.69, 9.17) is 10.8 Å². The molecule has 1 unspecified atom stereocenters. The number of rotatable bonds is 3. The molecule has 0 aliphatic heterocycles. The van der Waals surface area contributed by atoms with E-state index < -0.39 is 5.97 Å². The molecule has 0 radical (unpaired) electrons. The fourth-order valence-corrected chi connectivity index (χ4v) is 1.11. The number of benzene rings is 1. The van der Waals surface area contributed by atoms with Gasteiger partial charge < -0.3 is 10.8 Å². The third-order valence-electron chi connectivity index (χ3n) is 1.86. The van der Waals surface area contributed by atoms with Crippen LogP contribution < -0.4 is 5.73 Å². The van der Waals surface area contributed by atoms with Crippen molar-refractivity contribution >= 4 is 5.97 Å². The quantitative estimate of drug-likeness (QED) is 0.735. The Labute approximate surface area is 77.2 Å². The van der Waals surface area contributed by atoms with Gasteiger partial charge in [0.25, 0.3) is 0 Å². The molecule has 0 saturated heterocycles. The van der Waals surface area contributed by atoms with Crippen molar-refractivity contribution in [2.75, 3.05) is 0 Å². The van der Waals surface area contributed by atoms with Crippen molar-refractivity contribution in [3.05, 3.63) is 35.4 Å². The standard InChI is InChI=1S/C10H13NO2/c1-7(11)9-4-2-8(3-5-9)6-10(12)13/h2-5,7H,6,11H2,1H3,(H,12,13). The Hall–Kier alpha value is -1.35. The summed E-state index contributed by atoms with van der Waals surface area (Å²) < 4.78 is 0. The SMILES string of the molecule is CC(N)c1ccc(CC(=O)O)cc1. The van der Waals surface area contributed by atoms with E-state index in [-0.39, 0.29) is 12.5 Å². The Balaban J connectivity index is 2.75. The lowest BCUT2D eigenvalue weighted by molar-refractivity contribution is -0.136. The average Bonchev–Trinajstić information content (AvgIpc) is 2.04. The summed E-state index contributed by atoms with van der Waals surface area (Å²) in [5.74, 6) is -0.812. The highest BCUT2D eigenvalue weighted by Gasteiger charge is 2.01. The second-order valence-corrected chi connectivity index (χ2v) is 3.10. The molecule has 1 aromatic rings. The number of carboxylic acid groups (broad SMARTS) is 1. The minimum absolute atomic E-state index is 0.00104. The van der Waals surface area contributed by atoms with Gasteiger partial charge in [-0.05, 0) is 18.1 Å². The van der Waals surface area contributed by atoms with Gasteiger partial charge in [-0.1, -0.05) is 24.3 Å². The molecular formula is C10H13NO2. The summed E-state index contributed by atoms with van der Waals surface area (Å²) in [5, 5.41) is 8.52. The van der Waals surface area contributed by atoms with Crippen molar-refractivity contribution in [1.82, 2.24) is 0 Å². The summed E-state index contributed by atoms with van der Waals surface area (Å²) in [6.45, 7) is 1.90. The summed E-state index contributed by atoms with van der Waals surface area (Å²) in [6.07, 6.45) is 0.0687. The zero-order chi connectivity index (χ0) is 9.84. The largest absolute Gasteiger partial charge is 0.481 e. The van der Waals surface area contributed by atoms with Crippen LogP contribution in [0.4, 0.5) is 0 Å². The van der Waals surface area contributed by atoms with E-state index in [0.717, 1.165) is 11.1 Å². The lowest BCUT2D eigenvalue weighted by atomic mass is 10.1. The van der Waals surface area contributed by atoms with E-state index in [0.29, 0.717) is 0 Å². The zero-order valence-electron chi connectivity index (χ0n) is 7.53. The number of hydrogen-bond acceptors (Lipinski definition) is 2. The van der Waals surface area contributed by atoms with Crippen LogP contribution in [0.2, 0.25) is 0 Å². The van der Waals surface area contributed by atoms with Crippen molar-refractivity contribution in [2.24, 2.45) is 5.73 Å². The molecule has 0 aliphatic carbocycles. The van der Waals surface area contributed by atoms with Crippen molar-refractivity contribution in [1.29, 1.82) is 0 Å². The normalized spacial score (nSPS) is 12.5. The lowest BCUT2D eigenvalue weighted by Gasteiger charge is -2.05. The fraction of sp³-hybridized carbons (Fsp3) is 0.300. The monoisotopic (exact) mass is 179 g/mol. The third-order valence-corrected chi connectivity index (χ3v) is 1.86. The number of carboxylic acids is 1. The van der Waals surface area contributed by atoms with E-state index in [1.807, 2.05) is 19.1 Å². The molecule has 0 amide bonds. The third kappa shape index (κ3) is 2.87. The molecule has 1 aromatic carbocycles. The van der Waals surface area contributed by atoms with E-state index >= 15 is 0 Å². The Kier molecular flexibility index (Phi) is 3.03. The van der Waals surface area contributed by atoms with Gasteiger partial charge >= 0.3 is 5.97 Å². The molecule has 0 aliphatic rings. The molecule has 0 fully saturated rings. The molecule has 0 bridgehead atoms. The molecule has 70 valence electrons. The van der Waals surface area contributed by atoms with Crippen molar-refractivity contribution in [3.8, 4) is 0 Å². The number of aliphatic carboxylic acids is 1. The van der Waals surface area contributed by atoms with Crippen LogP contribution in [0.1, 0.15) is 24.1 Å².